The zero-order chi connectivity index (χ0) is 48.0. The number of hydrogen-bond acceptors (Lipinski definition) is 10. The lowest BCUT2D eigenvalue weighted by atomic mass is 9.89. The van der Waals surface area contributed by atoms with Crippen molar-refractivity contribution in [3.05, 3.63) is 113 Å². The second kappa shape index (κ2) is 21.0. The Balaban J connectivity index is 0.00000203. The first kappa shape index (κ1) is 47.7. The first-order valence-electron chi connectivity index (χ1n) is 22.6. The Kier molecular flexibility index (Phi) is 14.8. The molecule has 5 aromatic rings. The van der Waals surface area contributed by atoms with Gasteiger partial charge in [-0.15, -0.1) is 0 Å². The van der Waals surface area contributed by atoms with Gasteiger partial charge in [-0.3, -0.25) is 34.1 Å². The monoisotopic (exact) mass is 954 g/mol. The Bertz CT molecular complexity index is 2770. The highest BCUT2D eigenvalue weighted by Crippen LogP contribution is 2.32. The molecule has 358 valence electrons. The number of urea groups is 1. The normalized spacial score (nSPS) is 18.7. The molecular weight excluding hydrogens is 903 g/mol. The van der Waals surface area contributed by atoms with Gasteiger partial charge in [0.25, 0.3) is 12.4 Å². The van der Waals surface area contributed by atoms with Crippen LogP contribution in [0.5, 0.6) is 5.75 Å². The minimum Gasteiger partial charge on any atom is -0.483 e. The number of aromatic nitrogens is 2. The Morgan fingerprint density at radius 2 is 1.57 bits per heavy atom. The molecule has 4 aliphatic heterocycles. The highest BCUT2D eigenvalue weighted by atomic mass is 32.2. The van der Waals surface area contributed by atoms with Crippen molar-refractivity contribution in [2.75, 3.05) is 44.0 Å². The van der Waals surface area contributed by atoms with Crippen molar-refractivity contribution >= 4 is 57.0 Å². The van der Waals surface area contributed by atoms with E-state index in [1.807, 2.05) is 53.4 Å². The van der Waals surface area contributed by atoms with E-state index < -0.39 is 50.9 Å². The van der Waals surface area contributed by atoms with Crippen LogP contribution < -0.4 is 20.1 Å². The second-order valence-electron chi connectivity index (χ2n) is 17.3. The molecule has 3 aromatic carbocycles. The van der Waals surface area contributed by atoms with Gasteiger partial charge in [0, 0.05) is 93.6 Å². The summed E-state index contributed by atoms with van der Waals surface area (Å²) in [7, 11) is -4.09. The third-order valence-corrected chi connectivity index (χ3v) is 14.5. The molecule has 0 aliphatic carbocycles. The van der Waals surface area contributed by atoms with E-state index in [9.17, 15) is 27.6 Å². The molecule has 68 heavy (non-hydrogen) atoms. The number of H-pyrrole nitrogens is 1. The third-order valence-electron chi connectivity index (χ3n) is 12.9. The van der Waals surface area contributed by atoms with Gasteiger partial charge in [0.2, 0.25) is 11.7 Å². The van der Waals surface area contributed by atoms with Crippen molar-refractivity contribution in [1.82, 2.24) is 34.7 Å². The Labute approximate surface area is 391 Å². The van der Waals surface area contributed by atoms with Crippen molar-refractivity contribution in [2.45, 2.75) is 76.0 Å². The first-order chi connectivity index (χ1) is 32.8. The Morgan fingerprint density at radius 3 is 2.25 bits per heavy atom. The van der Waals surface area contributed by atoms with Crippen LogP contribution >= 0.6 is 0 Å². The van der Waals surface area contributed by atoms with Gasteiger partial charge in [0.05, 0.1) is 11.3 Å². The molecule has 17 nitrogen and oxygen atoms in total. The highest BCUT2D eigenvalue weighted by Gasteiger charge is 2.32. The lowest BCUT2D eigenvalue weighted by Crippen LogP contribution is -2.50. The number of anilines is 1. The van der Waals surface area contributed by atoms with Crippen LogP contribution in [0, 0.1) is 11.6 Å². The van der Waals surface area contributed by atoms with Crippen molar-refractivity contribution in [2.24, 2.45) is 0 Å². The van der Waals surface area contributed by atoms with E-state index in [0.717, 1.165) is 68.6 Å². The summed E-state index contributed by atoms with van der Waals surface area (Å²) in [5.74, 6) is -3.14. The van der Waals surface area contributed by atoms with E-state index in [2.05, 4.69) is 30.2 Å². The summed E-state index contributed by atoms with van der Waals surface area (Å²) in [5.41, 5.74) is 2.77. The molecule has 0 spiro atoms. The van der Waals surface area contributed by atoms with Crippen molar-refractivity contribution in [3.63, 3.8) is 0 Å². The molecule has 5 N–H and O–H groups in total. The molecule has 0 bridgehead atoms. The topological polar surface area (TPSA) is 223 Å². The van der Waals surface area contributed by atoms with Crippen molar-refractivity contribution in [3.8, 4) is 16.9 Å². The number of ether oxygens (including phenoxy) is 1. The van der Waals surface area contributed by atoms with Gasteiger partial charge in [-0.05, 0) is 91.5 Å². The summed E-state index contributed by atoms with van der Waals surface area (Å²) in [5, 5.41) is 12.8. The predicted molar refractivity (Wildman–Crippen MR) is 247 cm³/mol. The van der Waals surface area contributed by atoms with Crippen LogP contribution in [0.2, 0.25) is 0 Å². The number of benzene rings is 3. The lowest BCUT2D eigenvalue weighted by molar-refractivity contribution is -0.139. The number of rotatable bonds is 12. The van der Waals surface area contributed by atoms with Crippen LogP contribution in [0.15, 0.2) is 79.1 Å². The zero-order valence-electron chi connectivity index (χ0n) is 37.1. The molecule has 2 aromatic heterocycles. The molecule has 9 rings (SSSR count). The number of nitrogens with zero attached hydrogens (tertiary/aromatic N) is 4. The van der Waals surface area contributed by atoms with Gasteiger partial charge >= 0.3 is 16.2 Å². The molecule has 4 aliphatic rings. The Morgan fingerprint density at radius 1 is 0.882 bits per heavy atom. The number of carbonyl (C=O) groups is 5. The maximum absolute atomic E-state index is 15.7. The van der Waals surface area contributed by atoms with E-state index in [1.165, 1.54) is 16.1 Å². The number of hydrogen-bond donors (Lipinski definition) is 5. The Hall–Kier alpha value is -6.77. The molecule has 4 amide bonds. The number of halogens is 2. The number of amides is 4. The highest BCUT2D eigenvalue weighted by molar-refractivity contribution is 7.90. The minimum atomic E-state index is -4.09. The summed E-state index contributed by atoms with van der Waals surface area (Å²) >= 11 is 0. The molecule has 1 atom stereocenters. The smallest absolute Gasteiger partial charge is 0.317 e. The fourth-order valence-electron chi connectivity index (χ4n) is 9.20. The number of aromatic amines is 1. The quantitative estimate of drug-likeness (QED) is 0.0560. The summed E-state index contributed by atoms with van der Waals surface area (Å²) < 4.78 is 65.7. The number of imide groups is 1. The number of likely N-dealkylation sites (tertiary alicyclic amines) is 2. The second-order valence-corrected chi connectivity index (χ2v) is 19.0. The summed E-state index contributed by atoms with van der Waals surface area (Å²) in [6.07, 6.45) is 7.68. The number of carbonyl (C=O) groups excluding carboxylic acids is 4. The number of fused-ring (bicyclic) bond motifs is 1. The average Bonchev–Trinajstić information content (AvgIpc) is 4.05. The fraction of sp³-hybridized carbons (Fsp3) is 0.375. The lowest BCUT2D eigenvalue weighted by Gasteiger charge is -2.36. The molecule has 0 radical (unpaired) electrons. The van der Waals surface area contributed by atoms with Gasteiger partial charge in [0.15, 0.2) is 11.9 Å². The molecule has 0 saturated carbocycles. The predicted octanol–water partition coefficient (Wildman–Crippen LogP) is 5.93. The van der Waals surface area contributed by atoms with Gasteiger partial charge in [0.1, 0.15) is 17.2 Å². The zero-order valence-corrected chi connectivity index (χ0v) is 37.9. The fourth-order valence-corrected chi connectivity index (χ4v) is 10.5. The largest absolute Gasteiger partial charge is 0.483 e. The van der Waals surface area contributed by atoms with Crippen LogP contribution in [-0.2, 0) is 31.1 Å². The van der Waals surface area contributed by atoms with Gasteiger partial charge in [-0.1, -0.05) is 36.4 Å². The van der Waals surface area contributed by atoms with Crippen LogP contribution in [0.3, 0.4) is 0 Å². The van der Waals surface area contributed by atoms with E-state index in [-0.39, 0.29) is 49.5 Å². The van der Waals surface area contributed by atoms with Crippen LogP contribution in [0.25, 0.3) is 22.2 Å². The van der Waals surface area contributed by atoms with E-state index in [1.54, 1.807) is 12.3 Å². The average molecular weight is 955 g/mol. The number of pyridine rings is 1. The van der Waals surface area contributed by atoms with Gasteiger partial charge < -0.3 is 25.0 Å². The van der Waals surface area contributed by atoms with E-state index >= 15 is 8.78 Å². The molecule has 1 unspecified atom stereocenters. The van der Waals surface area contributed by atoms with Crippen LogP contribution in [0.1, 0.15) is 84.3 Å². The number of nitrogens with one attached hydrogen (secondary N) is 4. The summed E-state index contributed by atoms with van der Waals surface area (Å²) in [6, 6.07) is 19.4. The third kappa shape index (κ3) is 11.0. The molecule has 6 heterocycles. The summed E-state index contributed by atoms with van der Waals surface area (Å²) in [4.78, 5) is 70.5. The first-order valence-corrected chi connectivity index (χ1v) is 24.1. The maximum Gasteiger partial charge on any atom is 0.317 e. The van der Waals surface area contributed by atoms with Gasteiger partial charge in [-0.2, -0.15) is 12.7 Å². The standard InChI is InChI=1S/C47H50F2N8O7S.CH2O2/c48-38-11-12-39(54-65(62,63)57-19-1-2-20-57)43(49)42(38)44(59)37-27-51-45-36(37)25-33(26-50-45)31-5-3-29(4-6-31)28-55-21-17-34(18-22-55)52-47(61)56-23-15-32(16-24-56)30-7-9-35(10-8-30)64-40-13-14-41(58)53-46(40)60;2-1-3/h3-12,25-27,32,34,40,54H,1-2,13-24,28H2,(H,50,51)(H,52,61)(H,53,58,60);1H,(H,2,3). The summed E-state index contributed by atoms with van der Waals surface area (Å²) in [6.45, 7) is 4.05. The van der Waals surface area contributed by atoms with Crippen molar-refractivity contribution in [1.29, 1.82) is 0 Å². The van der Waals surface area contributed by atoms with E-state index in [0.29, 0.717) is 60.6 Å². The van der Waals surface area contributed by atoms with Crippen LogP contribution in [0.4, 0.5) is 19.3 Å². The van der Waals surface area contributed by atoms with Crippen molar-refractivity contribution < 1.29 is 51.0 Å². The number of ketones is 1. The SMILES string of the molecule is O=C1CCC(Oc2ccc(C3CCN(C(=O)NC4CCN(Cc5ccc(-c6cnc7[nH]cc(C(=O)c8c(F)ccc(NS(=O)(=O)N9CCCC9)c8F)c7c6)cc5)CC4)CC3)cc2)C(=O)N1.O=CO. The van der Waals surface area contributed by atoms with Crippen LogP contribution in [-0.4, -0.2) is 119 Å². The molecule has 4 saturated heterocycles. The number of carboxylic acid groups (broad SMARTS) is 1. The molecule has 4 fully saturated rings. The maximum atomic E-state index is 15.7. The molecule has 20 heteroatoms. The minimum absolute atomic E-state index is 0.00659. The molecular formula is C48H52F2N8O9S. The van der Waals surface area contributed by atoms with Gasteiger partial charge in [-0.25, -0.2) is 18.6 Å². The van der Waals surface area contributed by atoms with E-state index in [4.69, 9.17) is 14.6 Å². The number of piperidine rings is 3.